The maximum Gasteiger partial charge on any atom is 0.147 e. The molecular formula is C9H14N2O3S. The molecule has 0 bridgehead atoms. The molecule has 0 saturated carbocycles. The number of aliphatic hydroxyl groups excluding tert-OH is 1. The Labute approximate surface area is 89.1 Å². The van der Waals surface area contributed by atoms with E-state index in [1.54, 1.807) is 6.07 Å². The largest absolute Gasteiger partial charge is 0.388 e. The normalized spacial score (nSPS) is 13.7. The lowest BCUT2D eigenvalue weighted by molar-refractivity contribution is 0.166. The molecule has 0 aromatic carbocycles. The van der Waals surface area contributed by atoms with Gasteiger partial charge in [-0.25, -0.2) is 8.42 Å². The first-order valence-electron chi connectivity index (χ1n) is 4.61. The predicted molar refractivity (Wildman–Crippen MR) is 55.9 cm³/mol. The average Bonchev–Trinajstić information content (AvgIpc) is 2.17. The maximum atomic E-state index is 10.8. The van der Waals surface area contributed by atoms with Crippen LogP contribution in [0.4, 0.5) is 0 Å². The van der Waals surface area contributed by atoms with Gasteiger partial charge >= 0.3 is 0 Å². The molecule has 0 spiro atoms. The first-order chi connectivity index (χ1) is 6.99. The van der Waals surface area contributed by atoms with E-state index in [0.717, 1.165) is 0 Å². The number of nitrogens with zero attached hydrogens (tertiary/aromatic N) is 2. The van der Waals surface area contributed by atoms with Gasteiger partial charge in [-0.3, -0.25) is 0 Å². The predicted octanol–water partition coefficient (Wildman–Crippen LogP) is 0.335. The highest BCUT2D eigenvalue weighted by molar-refractivity contribution is 7.90. The Morgan fingerprint density at radius 3 is 2.73 bits per heavy atom. The van der Waals surface area contributed by atoms with Gasteiger partial charge in [-0.15, -0.1) is 0 Å². The molecule has 15 heavy (non-hydrogen) atoms. The van der Waals surface area contributed by atoms with Crippen molar-refractivity contribution < 1.29 is 13.5 Å². The molecule has 1 atom stereocenters. The third-order valence-corrected chi connectivity index (χ3v) is 3.01. The van der Waals surface area contributed by atoms with Crippen LogP contribution < -0.4 is 0 Å². The highest BCUT2D eigenvalue weighted by atomic mass is 32.2. The standard InChI is InChI=1S/C9H14N2O3S/c1-15(13,14)6-2-3-9(12)8-4-5-10-11-7-8/h4-5,7,9,12H,2-3,6H2,1H3. The van der Waals surface area contributed by atoms with Crippen molar-refractivity contribution in [1.82, 2.24) is 10.2 Å². The summed E-state index contributed by atoms with van der Waals surface area (Å²) in [5.41, 5.74) is 0.665. The summed E-state index contributed by atoms with van der Waals surface area (Å²) in [6, 6.07) is 1.66. The van der Waals surface area contributed by atoms with E-state index in [-0.39, 0.29) is 5.75 Å². The highest BCUT2D eigenvalue weighted by Gasteiger charge is 2.09. The maximum absolute atomic E-state index is 10.8. The van der Waals surface area contributed by atoms with Gasteiger partial charge in [0.15, 0.2) is 0 Å². The van der Waals surface area contributed by atoms with E-state index in [9.17, 15) is 13.5 Å². The van der Waals surface area contributed by atoms with Crippen LogP contribution in [0.5, 0.6) is 0 Å². The van der Waals surface area contributed by atoms with E-state index in [2.05, 4.69) is 10.2 Å². The van der Waals surface area contributed by atoms with Crippen LogP contribution in [0.15, 0.2) is 18.5 Å². The fourth-order valence-corrected chi connectivity index (χ4v) is 1.89. The quantitative estimate of drug-likeness (QED) is 0.788. The molecule has 6 heteroatoms. The number of hydrogen-bond acceptors (Lipinski definition) is 5. The number of rotatable bonds is 5. The summed E-state index contributed by atoms with van der Waals surface area (Å²) in [6.45, 7) is 0. The molecule has 0 radical (unpaired) electrons. The Hall–Kier alpha value is -1.01. The van der Waals surface area contributed by atoms with Crippen molar-refractivity contribution in [1.29, 1.82) is 0 Å². The summed E-state index contributed by atoms with van der Waals surface area (Å²) in [6.07, 6.45) is 4.36. The van der Waals surface area contributed by atoms with Crippen LogP contribution in [-0.4, -0.2) is 35.7 Å². The second-order valence-corrected chi connectivity index (χ2v) is 5.72. The number of hydrogen-bond donors (Lipinski definition) is 1. The minimum atomic E-state index is -2.94. The monoisotopic (exact) mass is 230 g/mol. The van der Waals surface area contributed by atoms with Crippen molar-refractivity contribution >= 4 is 9.84 Å². The number of sulfone groups is 1. The van der Waals surface area contributed by atoms with E-state index in [4.69, 9.17) is 0 Å². The third kappa shape index (κ3) is 4.85. The van der Waals surface area contributed by atoms with E-state index < -0.39 is 15.9 Å². The fraction of sp³-hybridized carbons (Fsp3) is 0.556. The molecule has 0 aliphatic heterocycles. The summed E-state index contributed by atoms with van der Waals surface area (Å²) >= 11 is 0. The van der Waals surface area contributed by atoms with Crippen LogP contribution in [0.3, 0.4) is 0 Å². The van der Waals surface area contributed by atoms with Gasteiger partial charge in [-0.05, 0) is 18.9 Å². The van der Waals surface area contributed by atoms with Gasteiger partial charge in [0.1, 0.15) is 9.84 Å². The van der Waals surface area contributed by atoms with E-state index in [1.165, 1.54) is 18.6 Å². The van der Waals surface area contributed by atoms with Crippen LogP contribution in [0.25, 0.3) is 0 Å². The summed E-state index contributed by atoms with van der Waals surface area (Å²) in [5, 5.41) is 16.9. The summed E-state index contributed by atoms with van der Waals surface area (Å²) in [4.78, 5) is 0. The lowest BCUT2D eigenvalue weighted by atomic mass is 10.1. The zero-order chi connectivity index (χ0) is 11.3. The molecule has 0 aliphatic rings. The molecule has 1 N–H and O–H groups in total. The summed E-state index contributed by atoms with van der Waals surface area (Å²) < 4.78 is 21.7. The van der Waals surface area contributed by atoms with Crippen LogP contribution >= 0.6 is 0 Å². The molecule has 1 unspecified atom stereocenters. The van der Waals surface area contributed by atoms with Crippen LogP contribution in [0.1, 0.15) is 24.5 Å². The van der Waals surface area contributed by atoms with E-state index >= 15 is 0 Å². The molecule has 0 aliphatic carbocycles. The Balaban J connectivity index is 2.41. The van der Waals surface area contributed by atoms with E-state index in [0.29, 0.717) is 18.4 Å². The molecule has 1 aromatic rings. The Morgan fingerprint density at radius 2 is 2.20 bits per heavy atom. The first-order valence-corrected chi connectivity index (χ1v) is 6.67. The SMILES string of the molecule is CS(=O)(=O)CCCC(O)c1ccnnc1. The molecule has 0 fully saturated rings. The van der Waals surface area contributed by atoms with Crippen molar-refractivity contribution in [2.45, 2.75) is 18.9 Å². The lowest BCUT2D eigenvalue weighted by Gasteiger charge is -2.08. The van der Waals surface area contributed by atoms with E-state index in [1.807, 2.05) is 0 Å². The zero-order valence-corrected chi connectivity index (χ0v) is 9.31. The number of aromatic nitrogens is 2. The van der Waals surface area contributed by atoms with Crippen molar-refractivity contribution in [2.24, 2.45) is 0 Å². The van der Waals surface area contributed by atoms with Crippen molar-refractivity contribution in [3.8, 4) is 0 Å². The van der Waals surface area contributed by atoms with Crippen LogP contribution in [0, 0.1) is 0 Å². The molecule has 1 aromatic heterocycles. The summed E-state index contributed by atoms with van der Waals surface area (Å²) in [5.74, 6) is 0.0998. The minimum absolute atomic E-state index is 0.0998. The molecule has 1 heterocycles. The van der Waals surface area contributed by atoms with Gasteiger partial charge in [0.25, 0.3) is 0 Å². The third-order valence-electron chi connectivity index (χ3n) is 1.98. The molecule has 0 amide bonds. The average molecular weight is 230 g/mol. The Kier molecular flexibility index (Phi) is 4.16. The Morgan fingerprint density at radius 1 is 1.47 bits per heavy atom. The highest BCUT2D eigenvalue weighted by Crippen LogP contribution is 2.16. The topological polar surface area (TPSA) is 80.2 Å². The van der Waals surface area contributed by atoms with Crippen LogP contribution in [-0.2, 0) is 9.84 Å². The van der Waals surface area contributed by atoms with Gasteiger partial charge < -0.3 is 5.11 Å². The lowest BCUT2D eigenvalue weighted by Crippen LogP contribution is -2.06. The Bertz CT molecular complexity index is 391. The van der Waals surface area contributed by atoms with Crippen molar-refractivity contribution in [3.05, 3.63) is 24.0 Å². The van der Waals surface area contributed by atoms with Crippen LogP contribution in [0.2, 0.25) is 0 Å². The van der Waals surface area contributed by atoms with Gasteiger partial charge in [0.05, 0.1) is 12.3 Å². The molecule has 84 valence electrons. The van der Waals surface area contributed by atoms with Crippen molar-refractivity contribution in [3.63, 3.8) is 0 Å². The van der Waals surface area contributed by atoms with Crippen molar-refractivity contribution in [2.75, 3.05) is 12.0 Å². The second-order valence-electron chi connectivity index (χ2n) is 3.46. The molecular weight excluding hydrogens is 216 g/mol. The summed E-state index contributed by atoms with van der Waals surface area (Å²) in [7, 11) is -2.94. The van der Waals surface area contributed by atoms with Gasteiger partial charge in [-0.1, -0.05) is 0 Å². The molecule has 0 saturated heterocycles. The molecule has 1 rings (SSSR count). The van der Waals surface area contributed by atoms with Gasteiger partial charge in [0.2, 0.25) is 0 Å². The first kappa shape index (κ1) is 12.1. The number of aliphatic hydroxyl groups is 1. The van der Waals surface area contributed by atoms with Gasteiger partial charge in [0, 0.05) is 23.8 Å². The smallest absolute Gasteiger partial charge is 0.147 e. The zero-order valence-electron chi connectivity index (χ0n) is 8.50. The fourth-order valence-electron chi connectivity index (χ4n) is 1.20. The second kappa shape index (κ2) is 5.18. The van der Waals surface area contributed by atoms with Gasteiger partial charge in [-0.2, -0.15) is 10.2 Å². The minimum Gasteiger partial charge on any atom is -0.388 e. The molecule has 5 nitrogen and oxygen atoms in total.